The first-order chi connectivity index (χ1) is 7.42. The van der Waals surface area contributed by atoms with Crippen LogP contribution >= 0.6 is 0 Å². The topological polar surface area (TPSA) is 17.1 Å². The lowest BCUT2D eigenvalue weighted by atomic mass is 10.4. The van der Waals surface area contributed by atoms with Crippen molar-refractivity contribution in [3.8, 4) is 0 Å². The van der Waals surface area contributed by atoms with E-state index in [1.54, 1.807) is 0 Å². The fourth-order valence-corrected chi connectivity index (χ4v) is 3.64. The fourth-order valence-electron chi connectivity index (χ4n) is 1.67. The molecule has 0 aliphatic carbocycles. The summed E-state index contributed by atoms with van der Waals surface area (Å²) < 4.78 is 2.36. The van der Waals surface area contributed by atoms with Gasteiger partial charge in [-0.05, 0) is 0 Å². The Labute approximate surface area is 93.8 Å². The Kier molecular flexibility index (Phi) is 3.34. The highest BCUT2D eigenvalue weighted by atomic mass is 27.2. The molecule has 2 rings (SSSR count). The van der Waals surface area contributed by atoms with Gasteiger partial charge in [0.1, 0.15) is 0 Å². The van der Waals surface area contributed by atoms with Gasteiger partial charge >= 0.3 is 14.1 Å². The first-order valence-electron chi connectivity index (χ1n) is 4.97. The number of carbonyl (C=O) groups excluding carboxylic acids is 1. The van der Waals surface area contributed by atoms with Crippen LogP contribution < -0.4 is 8.85 Å². The molecular formula is C13H11AlO. The van der Waals surface area contributed by atoms with Gasteiger partial charge in [-0.1, -0.05) is 69.5 Å². The lowest BCUT2D eigenvalue weighted by Crippen LogP contribution is -2.43. The molecule has 0 saturated carbocycles. The maximum Gasteiger partial charge on any atom is 0.435 e. The van der Waals surface area contributed by atoms with Crippen LogP contribution in [0.4, 0.5) is 0 Å². The molecule has 0 aliphatic heterocycles. The van der Waals surface area contributed by atoms with E-state index < -0.39 is 14.1 Å². The summed E-state index contributed by atoms with van der Waals surface area (Å²) in [4.78, 5) is 11.2. The van der Waals surface area contributed by atoms with Gasteiger partial charge in [-0.25, -0.2) is 0 Å². The minimum atomic E-state index is -1.61. The molecule has 15 heavy (non-hydrogen) atoms. The van der Waals surface area contributed by atoms with Crippen LogP contribution in [0.25, 0.3) is 0 Å². The van der Waals surface area contributed by atoms with Gasteiger partial charge in [-0.15, -0.1) is 0 Å². The molecule has 0 fully saturated rings. The number of hydrogen-bond donors (Lipinski definition) is 0. The van der Waals surface area contributed by atoms with Crippen LogP contribution in [0.3, 0.4) is 0 Å². The van der Waals surface area contributed by atoms with E-state index in [1.165, 1.54) is 8.85 Å². The van der Waals surface area contributed by atoms with Crippen LogP contribution in [0.1, 0.15) is 0 Å². The van der Waals surface area contributed by atoms with Crippen molar-refractivity contribution < 1.29 is 4.79 Å². The van der Waals surface area contributed by atoms with Crippen molar-refractivity contribution in [2.75, 3.05) is 0 Å². The van der Waals surface area contributed by atoms with Crippen molar-refractivity contribution in [3.05, 3.63) is 60.7 Å². The highest BCUT2D eigenvalue weighted by molar-refractivity contribution is 7.04. The highest BCUT2D eigenvalue weighted by Crippen LogP contribution is 1.90. The molecule has 0 spiro atoms. The molecule has 0 bridgehead atoms. The van der Waals surface area contributed by atoms with Gasteiger partial charge in [0.2, 0.25) is 0 Å². The molecule has 0 amide bonds. The number of hydrogen-bond acceptors (Lipinski definition) is 1. The second-order valence-electron chi connectivity index (χ2n) is 3.44. The average Bonchev–Trinajstić information content (AvgIpc) is 2.33. The van der Waals surface area contributed by atoms with Crippen molar-refractivity contribution in [1.29, 1.82) is 0 Å². The first kappa shape index (κ1) is 10.2. The Morgan fingerprint density at radius 3 is 1.47 bits per heavy atom. The summed E-state index contributed by atoms with van der Waals surface area (Å²) in [5.74, 6) is 0. The molecule has 0 heterocycles. The van der Waals surface area contributed by atoms with E-state index in [-0.39, 0.29) is 0 Å². The normalized spacial score (nSPS) is 9.60. The summed E-state index contributed by atoms with van der Waals surface area (Å²) in [6, 6.07) is 20.1. The van der Waals surface area contributed by atoms with Crippen LogP contribution in [-0.2, 0) is 4.79 Å². The van der Waals surface area contributed by atoms with Crippen molar-refractivity contribution in [1.82, 2.24) is 0 Å². The van der Waals surface area contributed by atoms with Crippen LogP contribution in [0.15, 0.2) is 60.7 Å². The molecule has 2 heteroatoms. The Hall–Kier alpha value is -1.36. The van der Waals surface area contributed by atoms with E-state index >= 15 is 0 Å². The van der Waals surface area contributed by atoms with Gasteiger partial charge in [-0.2, -0.15) is 0 Å². The predicted molar refractivity (Wildman–Crippen MR) is 64.7 cm³/mol. The van der Waals surface area contributed by atoms with Crippen LogP contribution in [0.5, 0.6) is 0 Å². The molecule has 0 radical (unpaired) electrons. The number of carbonyl (C=O) groups is 1. The maximum absolute atomic E-state index is 11.2. The average molecular weight is 210 g/mol. The smallest absolute Gasteiger partial charge is 0.323 e. The minimum absolute atomic E-state index is 1.13. The van der Waals surface area contributed by atoms with E-state index in [2.05, 4.69) is 0 Å². The summed E-state index contributed by atoms with van der Waals surface area (Å²) in [7, 11) is 0. The molecule has 72 valence electrons. The zero-order chi connectivity index (χ0) is 10.5. The SMILES string of the molecule is O=[CH][Al]([c]1ccccc1)[c]1ccccc1. The van der Waals surface area contributed by atoms with Gasteiger partial charge in [0.05, 0.1) is 5.15 Å². The largest absolute Gasteiger partial charge is 0.435 e. The molecule has 1 nitrogen and oxygen atoms in total. The Morgan fingerprint density at radius 2 is 1.13 bits per heavy atom. The van der Waals surface area contributed by atoms with Gasteiger partial charge in [0.15, 0.2) is 0 Å². The van der Waals surface area contributed by atoms with Crippen LogP contribution in [-0.4, -0.2) is 19.3 Å². The van der Waals surface area contributed by atoms with Gasteiger partial charge < -0.3 is 4.79 Å². The van der Waals surface area contributed by atoms with Gasteiger partial charge in [0.25, 0.3) is 0 Å². The zero-order valence-electron chi connectivity index (χ0n) is 8.34. The summed E-state index contributed by atoms with van der Waals surface area (Å²) in [6.45, 7) is 0. The van der Waals surface area contributed by atoms with Gasteiger partial charge in [0, 0.05) is 0 Å². The van der Waals surface area contributed by atoms with Crippen molar-refractivity contribution in [3.63, 3.8) is 0 Å². The van der Waals surface area contributed by atoms with E-state index in [4.69, 9.17) is 0 Å². The second kappa shape index (κ2) is 4.93. The number of rotatable bonds is 3. The molecule has 2 aromatic rings. The zero-order valence-corrected chi connectivity index (χ0v) is 9.49. The Balaban J connectivity index is 2.38. The summed E-state index contributed by atoms with van der Waals surface area (Å²) in [5.41, 5.74) is 0. The van der Waals surface area contributed by atoms with Gasteiger partial charge in [-0.3, -0.25) is 0 Å². The molecule has 0 saturated heterocycles. The summed E-state index contributed by atoms with van der Waals surface area (Å²) in [6.07, 6.45) is 0. The monoisotopic (exact) mass is 210 g/mol. The van der Waals surface area contributed by atoms with Crippen molar-refractivity contribution in [2.45, 2.75) is 0 Å². The molecule has 0 aromatic heterocycles. The standard InChI is InChI=1S/2C6H5.CHO.Al/c2*1-2-4-6-5-3-1;1-2;/h2*1-5H;1H;. The quantitative estimate of drug-likeness (QED) is 0.547. The maximum atomic E-state index is 11.2. The lowest BCUT2D eigenvalue weighted by Gasteiger charge is -2.04. The van der Waals surface area contributed by atoms with E-state index in [9.17, 15) is 4.79 Å². The Bertz CT molecular complexity index is 385. The molecule has 0 atom stereocenters. The summed E-state index contributed by atoms with van der Waals surface area (Å²) >= 11 is -1.61. The van der Waals surface area contributed by atoms with Crippen molar-refractivity contribution >= 4 is 28.1 Å². The predicted octanol–water partition coefficient (Wildman–Crippen LogP) is 1.07. The minimum Gasteiger partial charge on any atom is -0.323 e. The van der Waals surface area contributed by atoms with Crippen LogP contribution in [0, 0.1) is 0 Å². The third-order valence-corrected chi connectivity index (χ3v) is 4.93. The third kappa shape index (κ3) is 2.36. The molecule has 0 N–H and O–H groups in total. The van der Waals surface area contributed by atoms with Crippen molar-refractivity contribution in [2.24, 2.45) is 0 Å². The third-order valence-electron chi connectivity index (χ3n) is 2.45. The highest BCUT2D eigenvalue weighted by Gasteiger charge is 2.21. The second-order valence-corrected chi connectivity index (χ2v) is 6.00. The molecule has 0 unspecified atom stereocenters. The van der Waals surface area contributed by atoms with E-state index in [0.29, 0.717) is 0 Å². The van der Waals surface area contributed by atoms with Crippen LogP contribution in [0.2, 0.25) is 0 Å². The number of benzene rings is 2. The Morgan fingerprint density at radius 1 is 0.733 bits per heavy atom. The molecule has 2 aromatic carbocycles. The molecular weight excluding hydrogens is 199 g/mol. The first-order valence-corrected chi connectivity index (χ1v) is 6.79. The van der Waals surface area contributed by atoms with E-state index in [0.717, 1.165) is 5.15 Å². The van der Waals surface area contributed by atoms with E-state index in [1.807, 2.05) is 60.7 Å². The molecule has 0 aliphatic rings. The summed E-state index contributed by atoms with van der Waals surface area (Å²) in [5, 5.41) is 1.13. The lowest BCUT2D eigenvalue weighted by molar-refractivity contribution is 0.568. The fraction of sp³-hybridized carbons (Fsp3) is 0.